The summed E-state index contributed by atoms with van der Waals surface area (Å²) in [6.45, 7) is 13.8. The highest BCUT2D eigenvalue weighted by atomic mass is 16.2. The van der Waals surface area contributed by atoms with E-state index >= 15 is 0 Å². The van der Waals surface area contributed by atoms with E-state index in [9.17, 15) is 4.79 Å². The third kappa shape index (κ3) is 5.92. The minimum Gasteiger partial charge on any atom is -0.353 e. The van der Waals surface area contributed by atoms with Crippen LogP contribution in [0, 0.1) is 5.41 Å². The lowest BCUT2D eigenvalue weighted by Crippen LogP contribution is -2.45. The number of pyridine rings is 1. The van der Waals surface area contributed by atoms with Crippen LogP contribution >= 0.6 is 0 Å². The Kier molecular flexibility index (Phi) is 7.70. The molecule has 0 saturated carbocycles. The van der Waals surface area contributed by atoms with Crippen molar-refractivity contribution in [3.63, 3.8) is 0 Å². The van der Waals surface area contributed by atoms with E-state index in [0.717, 1.165) is 32.5 Å². The number of hydrogen-bond donors (Lipinski definition) is 2. The molecule has 166 valence electrons. The van der Waals surface area contributed by atoms with Crippen molar-refractivity contribution in [2.24, 2.45) is 5.41 Å². The molecule has 1 saturated heterocycles. The van der Waals surface area contributed by atoms with E-state index in [1.54, 1.807) is 11.1 Å². The lowest BCUT2D eigenvalue weighted by atomic mass is 9.71. The highest BCUT2D eigenvalue weighted by Crippen LogP contribution is 2.41. The molecule has 2 atom stereocenters. The van der Waals surface area contributed by atoms with Crippen LogP contribution in [0.25, 0.3) is 0 Å². The lowest BCUT2D eigenvalue weighted by molar-refractivity contribution is -0.126. The first-order valence-corrected chi connectivity index (χ1v) is 11.6. The standard InChI is InChI=1S/C25H40N4O/c1-18(2)28-24(30)23-15-21(17-29(23)16-20-8-12-26-13-9-20)27-14-10-22-19(3)7-6-11-25(22,4)5/h8-9,12-13,18,21,23,27H,6-7,10-11,14-17H2,1-5H3,(H,28,30)/t21-,23+/m1/s1. The third-order valence-corrected chi connectivity index (χ3v) is 6.77. The second-order valence-corrected chi connectivity index (χ2v) is 10.1. The molecule has 0 spiro atoms. The first-order valence-electron chi connectivity index (χ1n) is 11.6. The largest absolute Gasteiger partial charge is 0.353 e. The van der Waals surface area contributed by atoms with Crippen molar-refractivity contribution < 1.29 is 4.79 Å². The summed E-state index contributed by atoms with van der Waals surface area (Å²) in [5, 5.41) is 6.89. The summed E-state index contributed by atoms with van der Waals surface area (Å²) in [6, 6.07) is 4.51. The van der Waals surface area contributed by atoms with E-state index in [-0.39, 0.29) is 18.0 Å². The average molecular weight is 413 g/mol. The maximum Gasteiger partial charge on any atom is 0.237 e. The lowest BCUT2D eigenvalue weighted by Gasteiger charge is -2.35. The summed E-state index contributed by atoms with van der Waals surface area (Å²) < 4.78 is 0. The third-order valence-electron chi connectivity index (χ3n) is 6.77. The normalized spacial score (nSPS) is 24.5. The Bertz CT molecular complexity index is 741. The molecule has 2 heterocycles. The van der Waals surface area contributed by atoms with Crippen molar-refractivity contribution in [1.82, 2.24) is 20.5 Å². The van der Waals surface area contributed by atoms with Gasteiger partial charge in [0.2, 0.25) is 5.91 Å². The van der Waals surface area contributed by atoms with Gasteiger partial charge in [-0.05, 0) is 82.5 Å². The number of carbonyl (C=O) groups is 1. The van der Waals surface area contributed by atoms with E-state index < -0.39 is 0 Å². The molecule has 1 fully saturated rings. The Morgan fingerprint density at radius 2 is 2.03 bits per heavy atom. The van der Waals surface area contributed by atoms with E-state index in [2.05, 4.69) is 41.3 Å². The molecule has 1 aromatic rings. The maximum absolute atomic E-state index is 12.9. The first-order chi connectivity index (χ1) is 14.3. The maximum atomic E-state index is 12.9. The molecule has 3 rings (SSSR count). The molecule has 0 bridgehead atoms. The van der Waals surface area contributed by atoms with Crippen LogP contribution in [0.1, 0.15) is 72.3 Å². The van der Waals surface area contributed by atoms with Crippen LogP contribution in [-0.2, 0) is 11.3 Å². The molecule has 2 aliphatic rings. The first kappa shape index (κ1) is 23.0. The zero-order chi connectivity index (χ0) is 21.7. The quantitative estimate of drug-likeness (QED) is 0.633. The van der Waals surface area contributed by atoms with E-state index in [0.29, 0.717) is 11.5 Å². The van der Waals surface area contributed by atoms with Gasteiger partial charge in [-0.2, -0.15) is 0 Å². The van der Waals surface area contributed by atoms with Crippen molar-refractivity contribution in [2.75, 3.05) is 13.1 Å². The topological polar surface area (TPSA) is 57.3 Å². The fourth-order valence-electron chi connectivity index (χ4n) is 5.23. The Morgan fingerprint density at radius 1 is 1.30 bits per heavy atom. The fourth-order valence-corrected chi connectivity index (χ4v) is 5.23. The van der Waals surface area contributed by atoms with Gasteiger partial charge in [0.25, 0.3) is 0 Å². The van der Waals surface area contributed by atoms with Crippen molar-refractivity contribution in [1.29, 1.82) is 0 Å². The molecule has 5 heteroatoms. The predicted octanol–water partition coefficient (Wildman–Crippen LogP) is 4.06. The van der Waals surface area contributed by atoms with Crippen LogP contribution in [0.2, 0.25) is 0 Å². The molecule has 1 aliphatic carbocycles. The van der Waals surface area contributed by atoms with Gasteiger partial charge in [0.15, 0.2) is 0 Å². The Morgan fingerprint density at radius 3 is 2.70 bits per heavy atom. The van der Waals surface area contributed by atoms with E-state index in [4.69, 9.17) is 0 Å². The van der Waals surface area contributed by atoms with Crippen LogP contribution in [0.4, 0.5) is 0 Å². The number of hydrogen-bond acceptors (Lipinski definition) is 4. The second-order valence-electron chi connectivity index (χ2n) is 10.1. The molecule has 5 nitrogen and oxygen atoms in total. The fraction of sp³-hybridized carbons (Fsp3) is 0.680. The summed E-state index contributed by atoms with van der Waals surface area (Å²) in [7, 11) is 0. The zero-order valence-corrected chi connectivity index (χ0v) is 19.5. The summed E-state index contributed by atoms with van der Waals surface area (Å²) in [5.74, 6) is 0.148. The van der Waals surface area contributed by atoms with E-state index in [1.807, 2.05) is 38.4 Å². The molecule has 0 radical (unpaired) electrons. The summed E-state index contributed by atoms with van der Waals surface area (Å²) >= 11 is 0. The molecule has 1 aliphatic heterocycles. The number of likely N-dealkylation sites (tertiary alicyclic amines) is 1. The minimum atomic E-state index is -0.0786. The van der Waals surface area contributed by atoms with Crippen molar-refractivity contribution >= 4 is 5.91 Å². The summed E-state index contributed by atoms with van der Waals surface area (Å²) in [5.41, 5.74) is 4.76. The van der Waals surface area contributed by atoms with Gasteiger partial charge < -0.3 is 10.6 Å². The second kappa shape index (κ2) is 10.1. The molecule has 1 aromatic heterocycles. The molecule has 1 amide bonds. The van der Waals surface area contributed by atoms with Gasteiger partial charge in [0.1, 0.15) is 0 Å². The molecule has 2 N–H and O–H groups in total. The Hall–Kier alpha value is -1.72. The van der Waals surface area contributed by atoms with Gasteiger partial charge in [0, 0.05) is 37.6 Å². The van der Waals surface area contributed by atoms with Gasteiger partial charge in [0.05, 0.1) is 6.04 Å². The van der Waals surface area contributed by atoms with Gasteiger partial charge in [-0.3, -0.25) is 14.7 Å². The molecular formula is C25H40N4O. The van der Waals surface area contributed by atoms with Crippen LogP contribution in [0.3, 0.4) is 0 Å². The van der Waals surface area contributed by atoms with Crippen molar-refractivity contribution in [2.45, 2.75) is 91.4 Å². The minimum absolute atomic E-state index is 0.0786. The summed E-state index contributed by atoms with van der Waals surface area (Å²) in [6.07, 6.45) is 9.49. The predicted molar refractivity (Wildman–Crippen MR) is 123 cm³/mol. The van der Waals surface area contributed by atoms with Crippen LogP contribution in [0.15, 0.2) is 35.7 Å². The molecule has 0 aromatic carbocycles. The molecule has 0 unspecified atom stereocenters. The van der Waals surface area contributed by atoms with Crippen LogP contribution in [-0.4, -0.2) is 47.0 Å². The average Bonchev–Trinajstić information content (AvgIpc) is 3.07. The zero-order valence-electron chi connectivity index (χ0n) is 19.5. The number of carbonyl (C=O) groups excluding carboxylic acids is 1. The smallest absolute Gasteiger partial charge is 0.237 e. The van der Waals surface area contributed by atoms with E-state index in [1.165, 1.54) is 24.8 Å². The van der Waals surface area contributed by atoms with Crippen molar-refractivity contribution in [3.8, 4) is 0 Å². The van der Waals surface area contributed by atoms with Crippen LogP contribution in [0.5, 0.6) is 0 Å². The monoisotopic (exact) mass is 412 g/mol. The molecule has 30 heavy (non-hydrogen) atoms. The highest BCUT2D eigenvalue weighted by Gasteiger charge is 2.37. The summed E-state index contributed by atoms with van der Waals surface area (Å²) in [4.78, 5) is 19.3. The number of nitrogens with one attached hydrogen (secondary N) is 2. The van der Waals surface area contributed by atoms with Crippen LogP contribution < -0.4 is 10.6 Å². The number of nitrogens with zero attached hydrogens (tertiary/aromatic N) is 2. The van der Waals surface area contributed by atoms with Gasteiger partial charge in [-0.15, -0.1) is 0 Å². The number of amides is 1. The van der Waals surface area contributed by atoms with Crippen molar-refractivity contribution in [3.05, 3.63) is 41.2 Å². The molecular weight excluding hydrogens is 372 g/mol. The Balaban J connectivity index is 1.61. The number of allylic oxidation sites excluding steroid dienone is 1. The van der Waals surface area contributed by atoms with Gasteiger partial charge in [-0.25, -0.2) is 0 Å². The number of aromatic nitrogens is 1. The SMILES string of the molecule is CC1=C(CCN[C@@H]2C[C@@H](C(=O)NC(C)C)N(Cc3ccncc3)C2)C(C)(C)CCC1. The van der Waals surface area contributed by atoms with Gasteiger partial charge in [-0.1, -0.05) is 25.0 Å². The highest BCUT2D eigenvalue weighted by molar-refractivity contribution is 5.82. The number of rotatable bonds is 8. The van der Waals surface area contributed by atoms with Gasteiger partial charge >= 0.3 is 0 Å². The Labute approximate surface area is 182 Å².